The van der Waals surface area contributed by atoms with Gasteiger partial charge in [0.2, 0.25) is 0 Å². The highest BCUT2D eigenvalue weighted by molar-refractivity contribution is 7.47. The van der Waals surface area contributed by atoms with E-state index in [1.165, 1.54) is 51.4 Å². The van der Waals surface area contributed by atoms with Gasteiger partial charge in [0, 0.05) is 12.8 Å². The van der Waals surface area contributed by atoms with Gasteiger partial charge in [0.05, 0.1) is 27.7 Å². The third-order valence-electron chi connectivity index (χ3n) is 8.53. The number of quaternary nitrogens is 1. The molecule has 2 atom stereocenters. The lowest BCUT2D eigenvalue weighted by atomic mass is 10.1. The number of carbonyl (C=O) groups is 2. The first-order valence-electron chi connectivity index (χ1n) is 21.0. The van der Waals surface area contributed by atoms with Crippen molar-refractivity contribution in [2.45, 2.75) is 161 Å². The summed E-state index contributed by atoms with van der Waals surface area (Å²) in [4.78, 5) is 35.3. The van der Waals surface area contributed by atoms with E-state index in [1.54, 1.807) is 0 Å². The van der Waals surface area contributed by atoms with Crippen molar-refractivity contribution >= 4 is 19.8 Å². The molecule has 10 heteroatoms. The molecule has 0 heterocycles. The number of carbonyl (C=O) groups excluding carboxylic acids is 2. The minimum absolute atomic E-state index is 0.0217. The first-order valence-corrected chi connectivity index (χ1v) is 22.5. The second-order valence-corrected chi connectivity index (χ2v) is 16.4. The van der Waals surface area contributed by atoms with Gasteiger partial charge in [-0.25, -0.2) is 4.57 Å². The number of nitrogens with zero attached hydrogens (tertiary/aromatic N) is 1. The Hall–Kier alpha value is -2.29. The molecule has 312 valence electrons. The molecule has 0 bridgehead atoms. The van der Waals surface area contributed by atoms with Crippen LogP contribution >= 0.6 is 7.82 Å². The predicted molar refractivity (Wildman–Crippen MR) is 224 cm³/mol. The average molecular weight is 781 g/mol. The normalized spacial score (nSPS) is 14.3. The first-order chi connectivity index (χ1) is 26.0. The zero-order valence-electron chi connectivity index (χ0n) is 34.9. The van der Waals surface area contributed by atoms with Crippen LogP contribution in [0.25, 0.3) is 0 Å². The van der Waals surface area contributed by atoms with E-state index >= 15 is 0 Å². The third kappa shape index (κ3) is 39.4. The summed E-state index contributed by atoms with van der Waals surface area (Å²) < 4.78 is 34.2. The number of phosphoric acid groups is 1. The number of phosphoric ester groups is 1. The smallest absolute Gasteiger partial charge is 0.462 e. The molecule has 0 aromatic heterocycles. The lowest BCUT2D eigenvalue weighted by Crippen LogP contribution is -2.37. The van der Waals surface area contributed by atoms with Gasteiger partial charge in [-0.1, -0.05) is 126 Å². The molecular formula is C44H79NO8P+. The van der Waals surface area contributed by atoms with Crippen molar-refractivity contribution < 1.29 is 42.1 Å². The van der Waals surface area contributed by atoms with Gasteiger partial charge in [0.1, 0.15) is 19.8 Å². The summed E-state index contributed by atoms with van der Waals surface area (Å²) in [6, 6.07) is 0. The van der Waals surface area contributed by atoms with Gasteiger partial charge in [-0.15, -0.1) is 0 Å². The third-order valence-corrected chi connectivity index (χ3v) is 9.52. The summed E-state index contributed by atoms with van der Waals surface area (Å²) in [5.41, 5.74) is 0. The van der Waals surface area contributed by atoms with Crippen LogP contribution in [0.5, 0.6) is 0 Å². The van der Waals surface area contributed by atoms with E-state index in [0.29, 0.717) is 23.9 Å². The average Bonchev–Trinajstić information content (AvgIpc) is 3.12. The van der Waals surface area contributed by atoms with E-state index in [-0.39, 0.29) is 26.1 Å². The van der Waals surface area contributed by atoms with Crippen LogP contribution in [0.3, 0.4) is 0 Å². The fourth-order valence-corrected chi connectivity index (χ4v) is 5.97. The molecule has 0 spiro atoms. The highest BCUT2D eigenvalue weighted by Gasteiger charge is 2.27. The minimum atomic E-state index is -4.38. The quantitative estimate of drug-likeness (QED) is 0.0218. The maximum absolute atomic E-state index is 12.7. The molecule has 0 saturated heterocycles. The standard InChI is InChI=1S/C44H78NO8P/c1-6-8-10-12-14-16-18-20-22-24-26-28-30-32-34-36-43(46)50-40-42(41-52-54(48,49)51-39-38-45(3,4)5)53-44(47)37-35-33-31-29-27-25-23-21-19-17-15-13-11-9-7-2/h8,10,14,16-17,19-20,22,26,28,42H,6-7,9,11-13,15,18,21,23-25,27,29-41H2,1-5H3/p+1/b10-8+,16-14+,19-17+,22-20+,28-26+/t42-/m1/s1. The Bertz CT molecular complexity index is 1110. The fraction of sp³-hybridized carbons (Fsp3) is 0.727. The van der Waals surface area contributed by atoms with Crippen molar-refractivity contribution in [1.29, 1.82) is 0 Å². The van der Waals surface area contributed by atoms with Gasteiger partial charge in [-0.05, 0) is 77.0 Å². The van der Waals surface area contributed by atoms with Crippen LogP contribution in [-0.4, -0.2) is 74.9 Å². The summed E-state index contributed by atoms with van der Waals surface area (Å²) in [6.07, 6.45) is 42.7. The molecule has 0 saturated carbocycles. The largest absolute Gasteiger partial charge is 0.472 e. The lowest BCUT2D eigenvalue weighted by molar-refractivity contribution is -0.870. The Morgan fingerprint density at radius 1 is 0.593 bits per heavy atom. The summed E-state index contributed by atoms with van der Waals surface area (Å²) in [5, 5.41) is 0. The maximum Gasteiger partial charge on any atom is 0.472 e. The monoisotopic (exact) mass is 781 g/mol. The van der Waals surface area contributed by atoms with Crippen molar-refractivity contribution in [3.63, 3.8) is 0 Å². The zero-order valence-corrected chi connectivity index (χ0v) is 35.8. The highest BCUT2D eigenvalue weighted by atomic mass is 31.2. The topological polar surface area (TPSA) is 108 Å². The predicted octanol–water partition coefficient (Wildman–Crippen LogP) is 11.7. The summed E-state index contributed by atoms with van der Waals surface area (Å²) in [7, 11) is 1.44. The zero-order chi connectivity index (χ0) is 40.0. The van der Waals surface area contributed by atoms with Gasteiger partial charge < -0.3 is 18.9 Å². The Balaban J connectivity index is 4.47. The fourth-order valence-electron chi connectivity index (χ4n) is 5.23. The van der Waals surface area contributed by atoms with E-state index in [9.17, 15) is 19.0 Å². The number of unbranched alkanes of at least 4 members (excludes halogenated alkanes) is 13. The Labute approximate surface area is 330 Å². The second kappa shape index (κ2) is 36.4. The van der Waals surface area contributed by atoms with Gasteiger partial charge in [-0.2, -0.15) is 0 Å². The van der Waals surface area contributed by atoms with Gasteiger partial charge >= 0.3 is 19.8 Å². The van der Waals surface area contributed by atoms with Crippen molar-refractivity contribution in [3.8, 4) is 0 Å². The molecule has 0 fully saturated rings. The number of hydrogen-bond acceptors (Lipinski definition) is 7. The minimum Gasteiger partial charge on any atom is -0.462 e. The summed E-state index contributed by atoms with van der Waals surface area (Å²) >= 11 is 0. The molecule has 54 heavy (non-hydrogen) atoms. The Morgan fingerprint density at radius 2 is 1.06 bits per heavy atom. The highest BCUT2D eigenvalue weighted by Crippen LogP contribution is 2.43. The molecular weight excluding hydrogens is 701 g/mol. The summed E-state index contributed by atoms with van der Waals surface area (Å²) in [6.45, 7) is 4.22. The van der Waals surface area contributed by atoms with Gasteiger partial charge in [0.15, 0.2) is 6.10 Å². The van der Waals surface area contributed by atoms with E-state index < -0.39 is 32.5 Å². The number of allylic oxidation sites excluding steroid dienone is 10. The molecule has 0 amide bonds. The number of ether oxygens (including phenoxy) is 2. The Morgan fingerprint density at radius 3 is 1.63 bits per heavy atom. The SMILES string of the molecule is CC/C=C/C/C=C/C/C=C/C/C=C/CCCCC(=O)OC[C@H](COP(=O)(O)OCC[N+](C)(C)C)OC(=O)CCCCCCCCC/C=C/CCCCCC. The number of likely N-dealkylation sites (N-methyl/N-ethyl adjacent to an activating group) is 1. The first kappa shape index (κ1) is 51.7. The maximum atomic E-state index is 12.7. The van der Waals surface area contributed by atoms with Crippen LogP contribution in [0.1, 0.15) is 155 Å². The molecule has 0 aromatic rings. The van der Waals surface area contributed by atoms with Crippen molar-refractivity contribution in [2.24, 2.45) is 0 Å². The Kier molecular flexibility index (Phi) is 34.8. The molecule has 0 aromatic carbocycles. The van der Waals surface area contributed by atoms with Crippen LogP contribution in [0, 0.1) is 0 Å². The molecule has 0 rings (SSSR count). The van der Waals surface area contributed by atoms with E-state index in [1.807, 2.05) is 21.1 Å². The van der Waals surface area contributed by atoms with Crippen LogP contribution < -0.4 is 0 Å². The number of rotatable bonds is 37. The lowest BCUT2D eigenvalue weighted by Gasteiger charge is -2.24. The number of esters is 2. The molecule has 1 N–H and O–H groups in total. The van der Waals surface area contributed by atoms with Gasteiger partial charge in [0.25, 0.3) is 0 Å². The molecule has 0 aliphatic heterocycles. The van der Waals surface area contributed by atoms with E-state index in [2.05, 4.69) is 74.6 Å². The summed E-state index contributed by atoms with van der Waals surface area (Å²) in [5.74, 6) is -0.858. The van der Waals surface area contributed by atoms with Gasteiger partial charge in [-0.3, -0.25) is 18.6 Å². The van der Waals surface area contributed by atoms with Crippen LogP contribution in [0.15, 0.2) is 60.8 Å². The molecule has 0 aliphatic carbocycles. The molecule has 0 aliphatic rings. The molecule has 1 unspecified atom stereocenters. The van der Waals surface area contributed by atoms with Crippen molar-refractivity contribution in [1.82, 2.24) is 0 Å². The molecule has 0 radical (unpaired) electrons. The van der Waals surface area contributed by atoms with Crippen LogP contribution in [0.4, 0.5) is 0 Å². The van der Waals surface area contributed by atoms with E-state index in [0.717, 1.165) is 64.2 Å². The van der Waals surface area contributed by atoms with Crippen LogP contribution in [0.2, 0.25) is 0 Å². The van der Waals surface area contributed by atoms with Crippen molar-refractivity contribution in [2.75, 3.05) is 47.5 Å². The van der Waals surface area contributed by atoms with Crippen LogP contribution in [-0.2, 0) is 32.7 Å². The second-order valence-electron chi connectivity index (χ2n) is 15.0. The van der Waals surface area contributed by atoms with Crippen molar-refractivity contribution in [3.05, 3.63) is 60.8 Å². The molecule has 9 nitrogen and oxygen atoms in total. The number of hydrogen-bond donors (Lipinski definition) is 1. The van der Waals surface area contributed by atoms with E-state index in [4.69, 9.17) is 18.5 Å².